The minimum atomic E-state index is -0.805. The molecule has 22 heavy (non-hydrogen) atoms. The highest BCUT2D eigenvalue weighted by molar-refractivity contribution is 6.31. The van der Waals surface area contributed by atoms with Crippen molar-refractivity contribution in [3.8, 4) is 0 Å². The summed E-state index contributed by atoms with van der Waals surface area (Å²) in [5.41, 5.74) is 2.62. The van der Waals surface area contributed by atoms with Gasteiger partial charge in [-0.2, -0.15) is 0 Å². The summed E-state index contributed by atoms with van der Waals surface area (Å²) in [6.07, 6.45) is 11.3. The minimum absolute atomic E-state index is 0.0380. The van der Waals surface area contributed by atoms with Crippen LogP contribution in [-0.2, 0) is 4.79 Å². The van der Waals surface area contributed by atoms with Gasteiger partial charge in [0, 0.05) is 29.2 Å². The molecule has 120 valence electrons. The second kappa shape index (κ2) is 7.19. The second-order valence-electron chi connectivity index (χ2n) is 6.11. The average molecular weight is 322 g/mol. The number of carboxylic acid groups (broad SMARTS) is 1. The molecule has 1 N–H and O–H groups in total. The monoisotopic (exact) mass is 321 g/mol. The third-order valence-electron chi connectivity index (χ3n) is 4.66. The number of carboxylic acids is 1. The fourth-order valence-electron chi connectivity index (χ4n) is 3.22. The first-order chi connectivity index (χ1) is 10.4. The molecule has 0 saturated carbocycles. The van der Waals surface area contributed by atoms with Crippen molar-refractivity contribution in [3.05, 3.63) is 46.2 Å². The van der Waals surface area contributed by atoms with Gasteiger partial charge in [0.05, 0.1) is 5.57 Å². The first-order valence-corrected chi connectivity index (χ1v) is 8.20. The Bertz CT molecular complexity index is 572. The Labute approximate surface area is 137 Å². The maximum absolute atomic E-state index is 11.5. The number of nitrogens with zero attached hydrogens (tertiary/aromatic N) is 1. The van der Waals surface area contributed by atoms with Gasteiger partial charge in [-0.15, -0.1) is 0 Å². The van der Waals surface area contributed by atoms with E-state index in [2.05, 4.69) is 24.0 Å². The molecule has 1 heterocycles. The maximum atomic E-state index is 11.5. The van der Waals surface area contributed by atoms with Crippen molar-refractivity contribution in [3.63, 3.8) is 0 Å². The van der Waals surface area contributed by atoms with E-state index in [0.29, 0.717) is 5.57 Å². The van der Waals surface area contributed by atoms with Crippen LogP contribution in [0.4, 0.5) is 0 Å². The highest BCUT2D eigenvalue weighted by Crippen LogP contribution is 2.34. The average Bonchev–Trinajstić information content (AvgIpc) is 2.71. The van der Waals surface area contributed by atoms with Gasteiger partial charge in [-0.3, -0.25) is 0 Å². The highest BCUT2D eigenvalue weighted by atomic mass is 35.5. The van der Waals surface area contributed by atoms with E-state index in [1.165, 1.54) is 5.57 Å². The van der Waals surface area contributed by atoms with E-state index in [9.17, 15) is 9.90 Å². The minimum Gasteiger partial charge on any atom is -0.478 e. The zero-order valence-electron chi connectivity index (χ0n) is 13.5. The molecule has 0 saturated heterocycles. The number of hydrogen-bond acceptors (Lipinski definition) is 2. The molecule has 2 atom stereocenters. The molecule has 0 bridgehead atoms. The van der Waals surface area contributed by atoms with Gasteiger partial charge >= 0.3 is 5.97 Å². The summed E-state index contributed by atoms with van der Waals surface area (Å²) < 4.78 is 0. The van der Waals surface area contributed by atoms with E-state index in [-0.39, 0.29) is 12.0 Å². The molecule has 1 aliphatic carbocycles. The molecule has 1 aliphatic heterocycles. The van der Waals surface area contributed by atoms with E-state index < -0.39 is 5.97 Å². The van der Waals surface area contributed by atoms with Crippen LogP contribution >= 0.6 is 11.6 Å². The van der Waals surface area contributed by atoms with Crippen molar-refractivity contribution < 1.29 is 9.90 Å². The number of allylic oxidation sites excluding steroid dienone is 6. The number of halogens is 1. The molecule has 0 aromatic rings. The van der Waals surface area contributed by atoms with Gasteiger partial charge in [-0.25, -0.2) is 4.79 Å². The molecule has 2 unspecified atom stereocenters. The van der Waals surface area contributed by atoms with Gasteiger partial charge in [0.25, 0.3) is 0 Å². The summed E-state index contributed by atoms with van der Waals surface area (Å²) in [4.78, 5) is 13.7. The van der Waals surface area contributed by atoms with E-state index >= 15 is 0 Å². The van der Waals surface area contributed by atoms with Crippen LogP contribution in [0.5, 0.6) is 0 Å². The lowest BCUT2D eigenvalue weighted by Crippen LogP contribution is -2.32. The Kier molecular flexibility index (Phi) is 5.52. The zero-order valence-corrected chi connectivity index (χ0v) is 14.2. The van der Waals surface area contributed by atoms with E-state index in [1.54, 1.807) is 0 Å². The summed E-state index contributed by atoms with van der Waals surface area (Å²) >= 11 is 6.26. The van der Waals surface area contributed by atoms with Gasteiger partial charge in [0.15, 0.2) is 0 Å². The maximum Gasteiger partial charge on any atom is 0.333 e. The van der Waals surface area contributed by atoms with Crippen LogP contribution in [0.25, 0.3) is 0 Å². The first-order valence-electron chi connectivity index (χ1n) is 7.82. The highest BCUT2D eigenvalue weighted by Gasteiger charge is 2.36. The third kappa shape index (κ3) is 3.64. The molecule has 0 aromatic heterocycles. The second-order valence-corrected chi connectivity index (χ2v) is 6.54. The lowest BCUT2D eigenvalue weighted by molar-refractivity contribution is -0.133. The van der Waals surface area contributed by atoms with Gasteiger partial charge in [0.2, 0.25) is 0 Å². The normalized spacial score (nSPS) is 32.5. The summed E-state index contributed by atoms with van der Waals surface area (Å²) in [5, 5.41) is 10.2. The van der Waals surface area contributed by atoms with Crippen molar-refractivity contribution in [2.45, 2.75) is 46.1 Å². The van der Waals surface area contributed by atoms with Crippen LogP contribution < -0.4 is 0 Å². The van der Waals surface area contributed by atoms with E-state index in [1.807, 2.05) is 26.0 Å². The molecule has 0 aromatic carbocycles. The van der Waals surface area contributed by atoms with Crippen LogP contribution in [-0.4, -0.2) is 28.6 Å². The van der Waals surface area contributed by atoms with Crippen LogP contribution in [0.1, 0.15) is 40.0 Å². The molecular formula is C18H24ClNO2. The lowest BCUT2D eigenvalue weighted by atomic mass is 9.97. The summed E-state index contributed by atoms with van der Waals surface area (Å²) in [5.74, 6) is -0.767. The zero-order chi connectivity index (χ0) is 16.3. The molecule has 4 heteroatoms. The Morgan fingerprint density at radius 2 is 2.09 bits per heavy atom. The van der Waals surface area contributed by atoms with Gasteiger partial charge in [-0.1, -0.05) is 36.8 Å². The quantitative estimate of drug-likeness (QED) is 0.779. The van der Waals surface area contributed by atoms with Crippen molar-refractivity contribution in [2.75, 3.05) is 6.54 Å². The molecule has 0 fully saturated rings. The van der Waals surface area contributed by atoms with Crippen molar-refractivity contribution >= 4 is 17.6 Å². The fraction of sp³-hybridized carbons (Fsp3) is 0.500. The molecular weight excluding hydrogens is 298 g/mol. The largest absolute Gasteiger partial charge is 0.478 e. The van der Waals surface area contributed by atoms with Gasteiger partial charge in [0.1, 0.15) is 0 Å². The number of aliphatic carboxylic acids is 1. The molecule has 0 spiro atoms. The van der Waals surface area contributed by atoms with Crippen LogP contribution in [0.15, 0.2) is 46.2 Å². The number of rotatable bonds is 3. The van der Waals surface area contributed by atoms with Crippen LogP contribution in [0, 0.1) is 5.92 Å². The SMILES string of the molecule is CC1=C(C(=O)O)C(C)C(C)N1C/C1=C/C(Cl)=C\CC/C=C\C1. The lowest BCUT2D eigenvalue weighted by Gasteiger charge is -2.28. The van der Waals surface area contributed by atoms with Crippen LogP contribution in [0.3, 0.4) is 0 Å². The Morgan fingerprint density at radius 3 is 2.73 bits per heavy atom. The van der Waals surface area contributed by atoms with Gasteiger partial charge < -0.3 is 10.0 Å². The third-order valence-corrected chi connectivity index (χ3v) is 4.92. The summed E-state index contributed by atoms with van der Waals surface area (Å²) in [6.45, 7) is 6.71. The first kappa shape index (κ1) is 16.9. The Balaban J connectivity index is 2.24. The molecule has 0 amide bonds. The Hall–Kier alpha value is -1.48. The predicted octanol–water partition coefficient (Wildman–Crippen LogP) is 4.47. The molecule has 3 nitrogen and oxygen atoms in total. The number of hydrogen-bond donors (Lipinski definition) is 1. The molecule has 2 aliphatic rings. The molecule has 0 radical (unpaired) electrons. The van der Waals surface area contributed by atoms with Crippen LogP contribution in [0.2, 0.25) is 0 Å². The van der Waals surface area contributed by atoms with E-state index in [4.69, 9.17) is 11.6 Å². The molecule has 2 rings (SSSR count). The van der Waals surface area contributed by atoms with E-state index in [0.717, 1.165) is 36.5 Å². The van der Waals surface area contributed by atoms with Crippen molar-refractivity contribution in [1.29, 1.82) is 0 Å². The Morgan fingerprint density at radius 1 is 1.36 bits per heavy atom. The summed E-state index contributed by atoms with van der Waals surface area (Å²) in [7, 11) is 0. The van der Waals surface area contributed by atoms with Crippen molar-refractivity contribution in [2.24, 2.45) is 5.92 Å². The van der Waals surface area contributed by atoms with Crippen molar-refractivity contribution in [1.82, 2.24) is 4.90 Å². The smallest absolute Gasteiger partial charge is 0.333 e. The number of carbonyl (C=O) groups is 1. The van der Waals surface area contributed by atoms with Gasteiger partial charge in [-0.05, 0) is 44.8 Å². The predicted molar refractivity (Wildman–Crippen MR) is 90.7 cm³/mol. The standard InChI is InChI=1S/C18H24ClNO2/c1-12-13(2)20(14(3)17(12)18(21)22)11-15-8-6-4-5-7-9-16(19)10-15/h4,6,9-10,12-13H,5,7-8,11H2,1-3H3,(H,21,22)/b6-4-,15-10+,16-9+. The fourth-order valence-corrected chi connectivity index (χ4v) is 3.49. The topological polar surface area (TPSA) is 40.5 Å². The summed E-state index contributed by atoms with van der Waals surface area (Å²) in [6, 6.07) is 0.186.